The van der Waals surface area contributed by atoms with Gasteiger partial charge in [0.2, 0.25) is 0 Å². The molecule has 0 fully saturated rings. The Morgan fingerprint density at radius 1 is 1.12 bits per heavy atom. The lowest BCUT2D eigenvalue weighted by Gasteiger charge is -2.13. The highest BCUT2D eigenvalue weighted by atomic mass is 16.5. The van der Waals surface area contributed by atoms with Gasteiger partial charge in [0, 0.05) is 17.3 Å². The Morgan fingerprint density at radius 2 is 1.85 bits per heavy atom. The molecule has 1 atom stereocenters. The fraction of sp³-hybridized carbons (Fsp3) is 0.238. The van der Waals surface area contributed by atoms with E-state index in [4.69, 9.17) is 4.52 Å². The number of rotatable bonds is 7. The van der Waals surface area contributed by atoms with Gasteiger partial charge in [0.15, 0.2) is 12.3 Å². The molecular formula is C21H24N3O2+. The summed E-state index contributed by atoms with van der Waals surface area (Å²) >= 11 is 0. The molecule has 3 aromatic rings. The van der Waals surface area contributed by atoms with Gasteiger partial charge in [-0.3, -0.25) is 4.79 Å². The van der Waals surface area contributed by atoms with Crippen LogP contribution in [0.3, 0.4) is 0 Å². The highest BCUT2D eigenvalue weighted by Crippen LogP contribution is 2.19. The minimum absolute atomic E-state index is 0.00447. The molecule has 0 aliphatic carbocycles. The van der Waals surface area contributed by atoms with Gasteiger partial charge in [-0.15, -0.1) is 0 Å². The lowest BCUT2D eigenvalue weighted by atomic mass is 10.1. The van der Waals surface area contributed by atoms with Crippen molar-refractivity contribution in [1.29, 1.82) is 0 Å². The molecule has 1 unspecified atom stereocenters. The lowest BCUT2D eigenvalue weighted by Crippen LogP contribution is -3.08. The van der Waals surface area contributed by atoms with E-state index in [2.05, 4.69) is 17.4 Å². The Balaban J connectivity index is 1.56. The molecule has 1 heterocycles. The van der Waals surface area contributed by atoms with E-state index in [9.17, 15) is 4.79 Å². The molecule has 0 saturated heterocycles. The number of amides is 1. The molecule has 3 rings (SSSR count). The van der Waals surface area contributed by atoms with Gasteiger partial charge in [-0.1, -0.05) is 60.6 Å². The minimum Gasteiger partial charge on any atom is -0.356 e. The number of hydrogen-bond donors (Lipinski definition) is 2. The van der Waals surface area contributed by atoms with Crippen molar-refractivity contribution in [3.05, 3.63) is 71.9 Å². The number of quaternary nitrogens is 1. The number of anilines is 1. The van der Waals surface area contributed by atoms with Gasteiger partial charge >= 0.3 is 0 Å². The molecule has 2 aromatic carbocycles. The van der Waals surface area contributed by atoms with Gasteiger partial charge < -0.3 is 14.7 Å². The summed E-state index contributed by atoms with van der Waals surface area (Å²) in [6.45, 7) is 3.07. The van der Waals surface area contributed by atoms with Crippen molar-refractivity contribution in [3.8, 4) is 11.3 Å². The van der Waals surface area contributed by atoms with Gasteiger partial charge in [-0.25, -0.2) is 0 Å². The Labute approximate surface area is 153 Å². The summed E-state index contributed by atoms with van der Waals surface area (Å²) < 4.78 is 5.42. The molecule has 134 valence electrons. The maximum Gasteiger partial charge on any atom is 0.279 e. The number of aromatic nitrogens is 1. The molecule has 1 aromatic heterocycles. The van der Waals surface area contributed by atoms with Crippen LogP contribution in [0.25, 0.3) is 11.3 Å². The van der Waals surface area contributed by atoms with Crippen LogP contribution in [0.2, 0.25) is 0 Å². The maximum absolute atomic E-state index is 12.3. The monoisotopic (exact) mass is 350 g/mol. The van der Waals surface area contributed by atoms with E-state index in [-0.39, 0.29) is 5.91 Å². The zero-order valence-corrected chi connectivity index (χ0v) is 15.2. The van der Waals surface area contributed by atoms with E-state index in [1.54, 1.807) is 0 Å². The number of hydrogen-bond acceptors (Lipinski definition) is 3. The molecule has 2 N–H and O–H groups in total. The minimum atomic E-state index is -0.00447. The molecule has 0 aliphatic heterocycles. The summed E-state index contributed by atoms with van der Waals surface area (Å²) in [5.74, 6) is 0.741. The van der Waals surface area contributed by atoms with Gasteiger partial charge in [-0.2, -0.15) is 0 Å². The molecular weight excluding hydrogens is 326 g/mol. The van der Waals surface area contributed by atoms with Crippen molar-refractivity contribution < 1.29 is 14.2 Å². The van der Waals surface area contributed by atoms with Crippen molar-refractivity contribution in [2.75, 3.05) is 18.9 Å². The predicted octanol–water partition coefficient (Wildman–Crippen LogP) is 2.56. The largest absolute Gasteiger partial charge is 0.356 e. The number of likely N-dealkylation sites (N-methyl/N-ethyl adjacent to an activating group) is 1. The van der Waals surface area contributed by atoms with Crippen LogP contribution in [0.4, 0.5) is 5.69 Å². The number of carbonyl (C=O) groups is 1. The van der Waals surface area contributed by atoms with E-state index in [0.29, 0.717) is 13.1 Å². The molecule has 0 aliphatic rings. The zero-order chi connectivity index (χ0) is 18.4. The van der Waals surface area contributed by atoms with Crippen LogP contribution < -0.4 is 10.2 Å². The third kappa shape index (κ3) is 4.58. The smallest absolute Gasteiger partial charge is 0.279 e. The van der Waals surface area contributed by atoms with Crippen LogP contribution in [0.1, 0.15) is 18.2 Å². The average molecular weight is 350 g/mol. The Kier molecular flexibility index (Phi) is 5.81. The lowest BCUT2D eigenvalue weighted by molar-refractivity contribution is -0.885. The maximum atomic E-state index is 12.3. The first kappa shape index (κ1) is 17.9. The second kappa shape index (κ2) is 8.45. The number of nitrogens with one attached hydrogen (secondary N) is 2. The third-order valence-electron chi connectivity index (χ3n) is 4.23. The van der Waals surface area contributed by atoms with Crippen LogP contribution >= 0.6 is 0 Å². The molecule has 0 radical (unpaired) electrons. The fourth-order valence-electron chi connectivity index (χ4n) is 2.92. The molecule has 0 saturated carbocycles. The average Bonchev–Trinajstić information content (AvgIpc) is 3.11. The summed E-state index contributed by atoms with van der Waals surface area (Å²) in [4.78, 5) is 13.4. The van der Waals surface area contributed by atoms with Crippen LogP contribution in [0.15, 0.2) is 65.2 Å². The van der Waals surface area contributed by atoms with E-state index >= 15 is 0 Å². The summed E-state index contributed by atoms with van der Waals surface area (Å²) in [7, 11) is 1.97. The molecule has 0 spiro atoms. The third-order valence-corrected chi connectivity index (χ3v) is 4.23. The van der Waals surface area contributed by atoms with E-state index in [1.807, 2.05) is 67.7 Å². The van der Waals surface area contributed by atoms with Crippen LogP contribution in [0, 0.1) is 0 Å². The van der Waals surface area contributed by atoms with Gasteiger partial charge in [-0.05, 0) is 18.1 Å². The normalized spacial score (nSPS) is 11.9. The predicted molar refractivity (Wildman–Crippen MR) is 102 cm³/mol. The first-order chi connectivity index (χ1) is 12.7. The Hall–Kier alpha value is -2.92. The standard InChI is InChI=1S/C21H23N3O2/c1-3-16-9-7-8-12-19(16)22-21(25)15-24(2)14-18-13-20(26-23-18)17-10-5-4-6-11-17/h4-13H,3,14-15H2,1-2H3,(H,22,25)/p+1. The first-order valence-electron chi connectivity index (χ1n) is 8.85. The van der Waals surface area contributed by atoms with Gasteiger partial charge in [0.05, 0.1) is 7.05 Å². The summed E-state index contributed by atoms with van der Waals surface area (Å²) in [6, 6.07) is 19.7. The second-order valence-electron chi connectivity index (χ2n) is 6.42. The Bertz CT molecular complexity index is 858. The van der Waals surface area contributed by atoms with Crippen molar-refractivity contribution in [1.82, 2.24) is 5.16 Å². The van der Waals surface area contributed by atoms with Crippen LogP contribution in [-0.4, -0.2) is 24.7 Å². The topological polar surface area (TPSA) is 59.6 Å². The zero-order valence-electron chi connectivity index (χ0n) is 15.2. The summed E-state index contributed by atoms with van der Waals surface area (Å²) in [6.07, 6.45) is 0.889. The molecule has 5 heteroatoms. The molecule has 0 bridgehead atoms. The molecule has 1 amide bonds. The quantitative estimate of drug-likeness (QED) is 0.688. The number of para-hydroxylation sites is 1. The van der Waals surface area contributed by atoms with Crippen molar-refractivity contribution >= 4 is 11.6 Å². The van der Waals surface area contributed by atoms with Gasteiger partial charge in [0.25, 0.3) is 5.91 Å². The van der Waals surface area contributed by atoms with Crippen molar-refractivity contribution in [3.63, 3.8) is 0 Å². The highest BCUT2D eigenvalue weighted by Gasteiger charge is 2.15. The number of carbonyl (C=O) groups excluding carboxylic acids is 1. The summed E-state index contributed by atoms with van der Waals surface area (Å²) in [5.41, 5.74) is 3.86. The SMILES string of the molecule is CCc1ccccc1NC(=O)C[NH+](C)Cc1cc(-c2ccccc2)on1. The molecule has 5 nitrogen and oxygen atoms in total. The van der Waals surface area contributed by atoms with Crippen molar-refractivity contribution in [2.24, 2.45) is 0 Å². The molecule has 26 heavy (non-hydrogen) atoms. The number of benzene rings is 2. The highest BCUT2D eigenvalue weighted by molar-refractivity contribution is 5.92. The Morgan fingerprint density at radius 3 is 2.62 bits per heavy atom. The summed E-state index contributed by atoms with van der Waals surface area (Å²) in [5, 5.41) is 7.13. The number of nitrogens with zero attached hydrogens (tertiary/aromatic N) is 1. The van der Waals surface area contributed by atoms with E-state index in [1.165, 1.54) is 0 Å². The van der Waals surface area contributed by atoms with E-state index in [0.717, 1.165) is 39.6 Å². The second-order valence-corrected chi connectivity index (χ2v) is 6.42. The van der Waals surface area contributed by atoms with Crippen LogP contribution in [-0.2, 0) is 17.8 Å². The van der Waals surface area contributed by atoms with Crippen LogP contribution in [0.5, 0.6) is 0 Å². The van der Waals surface area contributed by atoms with Crippen molar-refractivity contribution in [2.45, 2.75) is 19.9 Å². The fourth-order valence-corrected chi connectivity index (χ4v) is 2.92. The van der Waals surface area contributed by atoms with Gasteiger partial charge in [0.1, 0.15) is 12.2 Å². The first-order valence-corrected chi connectivity index (χ1v) is 8.85. The number of aryl methyl sites for hydroxylation is 1. The van der Waals surface area contributed by atoms with E-state index < -0.39 is 0 Å².